The molecule has 0 bridgehead atoms. The Morgan fingerprint density at radius 1 is 1.36 bits per heavy atom. The lowest BCUT2D eigenvalue weighted by Gasteiger charge is -2.35. The lowest BCUT2D eigenvalue weighted by atomic mass is 9.99. The summed E-state index contributed by atoms with van der Waals surface area (Å²) in [7, 11) is 3.47. The summed E-state index contributed by atoms with van der Waals surface area (Å²) in [5, 5.41) is 3.14. The molecule has 0 heterocycles. The van der Waals surface area contributed by atoms with Crippen LogP contribution in [0.2, 0.25) is 0 Å². The van der Waals surface area contributed by atoms with Crippen molar-refractivity contribution in [1.29, 1.82) is 0 Å². The van der Waals surface area contributed by atoms with Crippen molar-refractivity contribution in [2.75, 3.05) is 27.3 Å². The zero-order valence-electron chi connectivity index (χ0n) is 15.1. The smallest absolute Gasteiger partial charge is 0.320 e. The van der Waals surface area contributed by atoms with Gasteiger partial charge in [-0.2, -0.15) is 0 Å². The van der Waals surface area contributed by atoms with Crippen LogP contribution in [0.5, 0.6) is 0 Å². The van der Waals surface area contributed by atoms with E-state index in [1.807, 2.05) is 50.4 Å². The topological polar surface area (TPSA) is 76.8 Å². The molecule has 1 aliphatic carbocycles. The number of carbonyl (C=O) groups excluding carboxylic acids is 1. The van der Waals surface area contributed by atoms with Gasteiger partial charge in [0.25, 0.3) is 0 Å². The fourth-order valence-corrected chi connectivity index (χ4v) is 2.97. The van der Waals surface area contributed by atoms with Gasteiger partial charge in [0.15, 0.2) is 0 Å². The quantitative estimate of drug-likeness (QED) is 0.699. The van der Waals surface area contributed by atoms with Crippen molar-refractivity contribution in [3.63, 3.8) is 0 Å². The van der Waals surface area contributed by atoms with Crippen LogP contribution in [-0.4, -0.2) is 44.2 Å². The number of nitrogens with two attached hydrogens (primary N) is 1. The van der Waals surface area contributed by atoms with Gasteiger partial charge in [-0.05, 0) is 12.5 Å². The van der Waals surface area contributed by atoms with Crippen LogP contribution < -0.4 is 11.1 Å². The van der Waals surface area contributed by atoms with Crippen molar-refractivity contribution in [3.05, 3.63) is 59.1 Å². The van der Waals surface area contributed by atoms with Gasteiger partial charge in [0.1, 0.15) is 5.76 Å². The predicted molar refractivity (Wildman–Crippen MR) is 97.3 cm³/mol. The van der Waals surface area contributed by atoms with Crippen molar-refractivity contribution >= 4 is 5.97 Å². The number of hydrogen-bond acceptors (Lipinski definition) is 6. The van der Waals surface area contributed by atoms with Crippen LogP contribution >= 0.6 is 0 Å². The van der Waals surface area contributed by atoms with Gasteiger partial charge in [0.2, 0.25) is 0 Å². The second-order valence-corrected chi connectivity index (χ2v) is 5.85. The van der Waals surface area contributed by atoms with E-state index in [0.717, 1.165) is 17.0 Å². The Kier molecular flexibility index (Phi) is 6.89. The van der Waals surface area contributed by atoms with Gasteiger partial charge in [-0.15, -0.1) is 0 Å². The van der Waals surface area contributed by atoms with Gasteiger partial charge in [-0.1, -0.05) is 30.3 Å². The fourth-order valence-electron chi connectivity index (χ4n) is 2.97. The first-order valence-electron chi connectivity index (χ1n) is 8.44. The third-order valence-electron chi connectivity index (χ3n) is 4.22. The molecule has 25 heavy (non-hydrogen) atoms. The highest BCUT2D eigenvalue weighted by molar-refractivity contribution is 5.71. The van der Waals surface area contributed by atoms with Gasteiger partial charge in [0, 0.05) is 31.8 Å². The maximum atomic E-state index is 12.1. The molecule has 3 N–H and O–H groups in total. The molecule has 0 amide bonds. The summed E-state index contributed by atoms with van der Waals surface area (Å²) < 4.78 is 10.7. The Bertz CT molecular complexity index is 641. The maximum Gasteiger partial charge on any atom is 0.320 e. The molecule has 1 aliphatic rings. The van der Waals surface area contributed by atoms with Crippen LogP contribution in [0.25, 0.3) is 0 Å². The Morgan fingerprint density at radius 3 is 2.68 bits per heavy atom. The third-order valence-corrected chi connectivity index (χ3v) is 4.22. The molecule has 0 spiro atoms. The number of esters is 1. The molecule has 6 heteroatoms. The standard InChI is InChI=1S/C19H27N3O3/c1-4-25-19(23)13-22(12-14-8-6-5-7-9-14)17-11-16(21-2)15(20)10-18(17)24-3/h5-10,17,21H,4,11-13,20H2,1-3H3. The van der Waals surface area contributed by atoms with Gasteiger partial charge in [-0.25, -0.2) is 0 Å². The minimum atomic E-state index is -0.248. The number of methoxy groups -OCH3 is 1. The molecule has 1 atom stereocenters. The zero-order valence-corrected chi connectivity index (χ0v) is 15.1. The number of rotatable bonds is 8. The zero-order chi connectivity index (χ0) is 18.2. The number of allylic oxidation sites excluding steroid dienone is 1. The minimum absolute atomic E-state index is 0.0932. The van der Waals surface area contributed by atoms with Gasteiger partial charge in [0.05, 0.1) is 32.0 Å². The normalized spacial score (nSPS) is 17.3. The number of benzene rings is 1. The van der Waals surface area contributed by atoms with E-state index >= 15 is 0 Å². The summed E-state index contributed by atoms with van der Waals surface area (Å²) in [6.45, 7) is 2.97. The second-order valence-electron chi connectivity index (χ2n) is 5.85. The summed E-state index contributed by atoms with van der Waals surface area (Å²) in [5.41, 5.74) is 8.79. The van der Waals surface area contributed by atoms with Crippen molar-refractivity contribution < 1.29 is 14.3 Å². The largest absolute Gasteiger partial charge is 0.499 e. The molecule has 1 aromatic rings. The Labute approximate surface area is 149 Å². The molecular weight excluding hydrogens is 318 g/mol. The number of nitrogens with zero attached hydrogens (tertiary/aromatic N) is 1. The monoisotopic (exact) mass is 345 g/mol. The molecular formula is C19H27N3O3. The minimum Gasteiger partial charge on any atom is -0.499 e. The second kappa shape index (κ2) is 9.13. The molecule has 136 valence electrons. The van der Waals surface area contributed by atoms with Crippen LogP contribution in [-0.2, 0) is 20.8 Å². The van der Waals surface area contributed by atoms with Crippen molar-refractivity contribution in [3.8, 4) is 0 Å². The molecule has 2 rings (SSSR count). The van der Waals surface area contributed by atoms with E-state index in [2.05, 4.69) is 10.2 Å². The van der Waals surface area contributed by atoms with E-state index in [9.17, 15) is 4.79 Å². The van der Waals surface area contributed by atoms with Gasteiger partial charge < -0.3 is 20.5 Å². The molecule has 0 fully saturated rings. The molecule has 0 saturated heterocycles. The van der Waals surface area contributed by atoms with E-state index in [4.69, 9.17) is 15.2 Å². The summed E-state index contributed by atoms with van der Waals surface area (Å²) in [5.74, 6) is 0.499. The Morgan fingerprint density at radius 2 is 2.08 bits per heavy atom. The Hall–Kier alpha value is -2.47. The van der Waals surface area contributed by atoms with E-state index in [1.54, 1.807) is 7.11 Å². The first kappa shape index (κ1) is 18.9. The molecule has 1 unspecified atom stereocenters. The van der Waals surface area contributed by atoms with Gasteiger partial charge >= 0.3 is 5.97 Å². The summed E-state index contributed by atoms with van der Waals surface area (Å²) in [4.78, 5) is 14.2. The summed E-state index contributed by atoms with van der Waals surface area (Å²) in [6, 6.07) is 9.94. The van der Waals surface area contributed by atoms with Crippen LogP contribution in [0.15, 0.2) is 53.6 Å². The van der Waals surface area contributed by atoms with E-state index in [-0.39, 0.29) is 18.6 Å². The highest BCUT2D eigenvalue weighted by Gasteiger charge is 2.30. The molecule has 1 aromatic carbocycles. The van der Waals surface area contributed by atoms with Crippen LogP contribution in [0.1, 0.15) is 18.9 Å². The van der Waals surface area contributed by atoms with Crippen molar-refractivity contribution in [1.82, 2.24) is 10.2 Å². The molecule has 6 nitrogen and oxygen atoms in total. The average Bonchev–Trinajstić information content (AvgIpc) is 2.62. The SMILES string of the molecule is CCOC(=O)CN(Cc1ccccc1)C1CC(NC)=C(N)C=C1OC. The first-order valence-corrected chi connectivity index (χ1v) is 8.44. The molecule has 0 aliphatic heterocycles. The number of carbonyl (C=O) groups is 1. The molecule has 0 aromatic heterocycles. The molecule has 0 radical (unpaired) electrons. The van der Waals surface area contributed by atoms with E-state index < -0.39 is 0 Å². The van der Waals surface area contributed by atoms with Crippen LogP contribution in [0.4, 0.5) is 0 Å². The molecule has 0 saturated carbocycles. The highest BCUT2D eigenvalue weighted by Crippen LogP contribution is 2.26. The fraction of sp³-hybridized carbons (Fsp3) is 0.421. The lowest BCUT2D eigenvalue weighted by Crippen LogP contribution is -2.43. The highest BCUT2D eigenvalue weighted by atomic mass is 16.5. The number of ether oxygens (including phenoxy) is 2. The van der Waals surface area contributed by atoms with Crippen molar-refractivity contribution in [2.24, 2.45) is 5.73 Å². The average molecular weight is 345 g/mol. The predicted octanol–water partition coefficient (Wildman–Crippen LogP) is 1.74. The van der Waals surface area contributed by atoms with Gasteiger partial charge in [-0.3, -0.25) is 9.69 Å². The first-order chi connectivity index (χ1) is 12.1. The number of hydrogen-bond donors (Lipinski definition) is 2. The summed E-state index contributed by atoms with van der Waals surface area (Å²) >= 11 is 0. The van der Waals surface area contributed by atoms with E-state index in [1.165, 1.54) is 0 Å². The lowest BCUT2D eigenvalue weighted by molar-refractivity contribution is -0.145. The van der Waals surface area contributed by atoms with E-state index in [0.29, 0.717) is 25.3 Å². The summed E-state index contributed by atoms with van der Waals surface area (Å²) in [6.07, 6.45) is 2.47. The van der Waals surface area contributed by atoms with Crippen molar-refractivity contribution in [2.45, 2.75) is 25.9 Å². The third kappa shape index (κ3) is 5.00. The Balaban J connectivity index is 2.27. The number of nitrogens with one attached hydrogen (secondary N) is 1. The van der Waals surface area contributed by atoms with Crippen LogP contribution in [0.3, 0.4) is 0 Å². The van der Waals surface area contributed by atoms with Crippen LogP contribution in [0, 0.1) is 0 Å². The maximum absolute atomic E-state index is 12.1.